The highest BCUT2D eigenvalue weighted by atomic mass is 16.5. The number of carbonyl (C=O) groups excluding carboxylic acids is 2. The van der Waals surface area contributed by atoms with Gasteiger partial charge in [-0.2, -0.15) is 0 Å². The standard InChI is InChI=1S/C17H22O4/c1-3-16(18)20-12-6-4-5-7-13-21-17(19)15-10-8-14(2)9-11-15/h3,8-11H,1,4-7,12-13H2,2H3. The number of hydrogen-bond acceptors (Lipinski definition) is 4. The number of benzene rings is 1. The summed E-state index contributed by atoms with van der Waals surface area (Å²) < 4.78 is 10.1. The summed E-state index contributed by atoms with van der Waals surface area (Å²) in [4.78, 5) is 22.5. The third-order valence-electron chi connectivity index (χ3n) is 2.97. The molecule has 0 aromatic heterocycles. The first-order valence-corrected chi connectivity index (χ1v) is 7.16. The molecular formula is C17H22O4. The Morgan fingerprint density at radius 2 is 1.57 bits per heavy atom. The van der Waals surface area contributed by atoms with E-state index < -0.39 is 0 Å². The molecule has 1 aromatic carbocycles. The molecule has 0 fully saturated rings. The molecule has 0 saturated heterocycles. The van der Waals surface area contributed by atoms with E-state index in [1.807, 2.05) is 19.1 Å². The van der Waals surface area contributed by atoms with E-state index in [4.69, 9.17) is 9.47 Å². The van der Waals surface area contributed by atoms with Crippen LogP contribution in [0.4, 0.5) is 0 Å². The zero-order chi connectivity index (χ0) is 15.5. The van der Waals surface area contributed by atoms with Crippen molar-refractivity contribution in [2.45, 2.75) is 32.6 Å². The van der Waals surface area contributed by atoms with E-state index in [0.29, 0.717) is 18.8 Å². The van der Waals surface area contributed by atoms with Gasteiger partial charge in [0.2, 0.25) is 0 Å². The zero-order valence-corrected chi connectivity index (χ0v) is 12.5. The molecule has 21 heavy (non-hydrogen) atoms. The smallest absolute Gasteiger partial charge is 0.338 e. The zero-order valence-electron chi connectivity index (χ0n) is 12.5. The van der Waals surface area contributed by atoms with E-state index in [1.54, 1.807) is 12.1 Å². The number of aryl methyl sites for hydroxylation is 1. The van der Waals surface area contributed by atoms with E-state index in [0.717, 1.165) is 37.3 Å². The lowest BCUT2D eigenvalue weighted by atomic mass is 10.1. The van der Waals surface area contributed by atoms with Crippen LogP contribution in [0, 0.1) is 6.92 Å². The highest BCUT2D eigenvalue weighted by Gasteiger charge is 2.05. The molecule has 4 heteroatoms. The van der Waals surface area contributed by atoms with Gasteiger partial charge in [-0.25, -0.2) is 9.59 Å². The summed E-state index contributed by atoms with van der Waals surface area (Å²) in [5.74, 6) is -0.669. The van der Waals surface area contributed by atoms with Crippen molar-refractivity contribution in [2.75, 3.05) is 13.2 Å². The minimum absolute atomic E-state index is 0.282. The largest absolute Gasteiger partial charge is 0.463 e. The van der Waals surface area contributed by atoms with Crippen LogP contribution in [0.25, 0.3) is 0 Å². The van der Waals surface area contributed by atoms with Crippen molar-refractivity contribution in [3.8, 4) is 0 Å². The summed E-state index contributed by atoms with van der Waals surface area (Å²) in [6.45, 7) is 6.12. The van der Waals surface area contributed by atoms with Crippen LogP contribution < -0.4 is 0 Å². The fourth-order valence-electron chi connectivity index (χ4n) is 1.73. The molecule has 1 rings (SSSR count). The van der Waals surface area contributed by atoms with Crippen LogP contribution in [0.1, 0.15) is 41.6 Å². The number of unbranched alkanes of at least 4 members (excludes halogenated alkanes) is 3. The molecule has 0 bridgehead atoms. The van der Waals surface area contributed by atoms with Crippen LogP contribution in [0.15, 0.2) is 36.9 Å². The number of ether oxygens (including phenoxy) is 2. The molecule has 0 saturated carbocycles. The van der Waals surface area contributed by atoms with Gasteiger partial charge < -0.3 is 9.47 Å². The lowest BCUT2D eigenvalue weighted by Gasteiger charge is -2.05. The third kappa shape index (κ3) is 7.30. The molecule has 0 unspecified atom stereocenters. The van der Waals surface area contributed by atoms with Gasteiger partial charge in [-0.15, -0.1) is 0 Å². The molecule has 0 amide bonds. The lowest BCUT2D eigenvalue weighted by molar-refractivity contribution is -0.137. The van der Waals surface area contributed by atoms with Gasteiger partial charge in [0.05, 0.1) is 18.8 Å². The predicted molar refractivity (Wildman–Crippen MR) is 81.1 cm³/mol. The number of rotatable bonds is 9. The van der Waals surface area contributed by atoms with Gasteiger partial charge in [0.15, 0.2) is 0 Å². The summed E-state index contributed by atoms with van der Waals surface area (Å²) >= 11 is 0. The van der Waals surface area contributed by atoms with Crippen molar-refractivity contribution in [3.05, 3.63) is 48.0 Å². The number of hydrogen-bond donors (Lipinski definition) is 0. The van der Waals surface area contributed by atoms with Gasteiger partial charge in [-0.05, 0) is 44.7 Å². The average molecular weight is 290 g/mol. The average Bonchev–Trinajstić information content (AvgIpc) is 2.50. The van der Waals surface area contributed by atoms with Gasteiger partial charge in [0.1, 0.15) is 0 Å². The van der Waals surface area contributed by atoms with Crippen LogP contribution in [0.3, 0.4) is 0 Å². The quantitative estimate of drug-likeness (QED) is 0.397. The summed E-state index contributed by atoms with van der Waals surface area (Å²) in [6.07, 6.45) is 4.66. The highest BCUT2D eigenvalue weighted by Crippen LogP contribution is 2.06. The van der Waals surface area contributed by atoms with E-state index in [-0.39, 0.29) is 11.9 Å². The normalized spacial score (nSPS) is 9.95. The molecule has 0 spiro atoms. The molecule has 1 aromatic rings. The molecule has 0 aliphatic heterocycles. The van der Waals surface area contributed by atoms with Crippen molar-refractivity contribution in [2.24, 2.45) is 0 Å². The minimum Gasteiger partial charge on any atom is -0.463 e. The van der Waals surface area contributed by atoms with Crippen LogP contribution in [0.2, 0.25) is 0 Å². The Hall–Kier alpha value is -2.10. The maximum absolute atomic E-state index is 11.7. The van der Waals surface area contributed by atoms with Crippen LogP contribution in [-0.2, 0) is 14.3 Å². The van der Waals surface area contributed by atoms with Gasteiger partial charge in [0, 0.05) is 6.08 Å². The second-order valence-electron chi connectivity index (χ2n) is 4.79. The van der Waals surface area contributed by atoms with Crippen molar-refractivity contribution in [1.82, 2.24) is 0 Å². The lowest BCUT2D eigenvalue weighted by Crippen LogP contribution is -2.06. The van der Waals surface area contributed by atoms with Gasteiger partial charge >= 0.3 is 11.9 Å². The van der Waals surface area contributed by atoms with Gasteiger partial charge in [0.25, 0.3) is 0 Å². The molecule has 0 N–H and O–H groups in total. The SMILES string of the molecule is C=CC(=O)OCCCCCCOC(=O)c1ccc(C)cc1. The highest BCUT2D eigenvalue weighted by molar-refractivity contribution is 5.89. The Labute approximate surface area is 125 Å². The molecule has 0 atom stereocenters. The number of esters is 2. The van der Waals surface area contributed by atoms with Crippen LogP contribution in [0.5, 0.6) is 0 Å². The number of carbonyl (C=O) groups is 2. The van der Waals surface area contributed by atoms with E-state index in [9.17, 15) is 9.59 Å². The molecule has 0 aliphatic carbocycles. The second-order valence-corrected chi connectivity index (χ2v) is 4.79. The molecule has 0 heterocycles. The second kappa shape index (κ2) is 9.75. The Morgan fingerprint density at radius 1 is 1.00 bits per heavy atom. The van der Waals surface area contributed by atoms with Gasteiger partial charge in [-0.3, -0.25) is 0 Å². The Bertz CT molecular complexity index is 462. The fourth-order valence-corrected chi connectivity index (χ4v) is 1.73. The first-order chi connectivity index (χ1) is 10.1. The Kier molecular flexibility index (Phi) is 7.87. The molecule has 4 nitrogen and oxygen atoms in total. The summed E-state index contributed by atoms with van der Waals surface area (Å²) in [6, 6.07) is 7.32. The minimum atomic E-state index is -0.387. The summed E-state index contributed by atoms with van der Waals surface area (Å²) in [5.41, 5.74) is 1.70. The van der Waals surface area contributed by atoms with E-state index in [1.165, 1.54) is 0 Å². The van der Waals surface area contributed by atoms with Crippen LogP contribution >= 0.6 is 0 Å². The van der Waals surface area contributed by atoms with E-state index in [2.05, 4.69) is 6.58 Å². The van der Waals surface area contributed by atoms with Crippen molar-refractivity contribution >= 4 is 11.9 Å². The van der Waals surface area contributed by atoms with E-state index >= 15 is 0 Å². The van der Waals surface area contributed by atoms with Crippen molar-refractivity contribution in [3.63, 3.8) is 0 Å². The summed E-state index contributed by atoms with van der Waals surface area (Å²) in [5, 5.41) is 0. The Balaban J connectivity index is 2.04. The van der Waals surface area contributed by atoms with Crippen molar-refractivity contribution in [1.29, 1.82) is 0 Å². The molecule has 0 radical (unpaired) electrons. The Morgan fingerprint density at radius 3 is 2.14 bits per heavy atom. The first kappa shape index (κ1) is 17.0. The van der Waals surface area contributed by atoms with Crippen LogP contribution in [-0.4, -0.2) is 25.2 Å². The maximum atomic E-state index is 11.7. The fraction of sp³-hybridized carbons (Fsp3) is 0.412. The molecular weight excluding hydrogens is 268 g/mol. The molecule has 0 aliphatic rings. The molecule has 114 valence electrons. The summed E-state index contributed by atoms with van der Waals surface area (Å²) in [7, 11) is 0. The first-order valence-electron chi connectivity index (χ1n) is 7.16. The monoisotopic (exact) mass is 290 g/mol. The predicted octanol–water partition coefficient (Wildman–Crippen LogP) is 3.44. The topological polar surface area (TPSA) is 52.6 Å². The third-order valence-corrected chi connectivity index (χ3v) is 2.97. The van der Waals surface area contributed by atoms with Gasteiger partial charge in [-0.1, -0.05) is 24.3 Å². The van der Waals surface area contributed by atoms with Crippen molar-refractivity contribution < 1.29 is 19.1 Å². The maximum Gasteiger partial charge on any atom is 0.338 e.